The molecule has 2 saturated heterocycles. The number of aliphatic hydroxyl groups excluding tert-OH is 4. The lowest BCUT2D eigenvalue weighted by atomic mass is 10.1. The third-order valence-electron chi connectivity index (χ3n) is 5.76. The summed E-state index contributed by atoms with van der Waals surface area (Å²) in [5.41, 5.74) is 6.26. The molecule has 0 aliphatic carbocycles. The van der Waals surface area contributed by atoms with Gasteiger partial charge in [0.25, 0.3) is 12.0 Å². The first-order valence-electron chi connectivity index (χ1n) is 10.1. The number of fused-ring (bicyclic) bond motifs is 7. The van der Waals surface area contributed by atoms with Crippen LogP contribution in [-0.4, -0.2) is 94.6 Å². The van der Waals surface area contributed by atoms with Gasteiger partial charge in [0, 0.05) is 4.31 Å². The summed E-state index contributed by atoms with van der Waals surface area (Å²) in [6.07, 6.45) is -9.12. The van der Waals surface area contributed by atoms with E-state index in [4.69, 9.17) is 15.2 Å². The van der Waals surface area contributed by atoms with Gasteiger partial charge in [0.2, 0.25) is 12.2 Å². The molecule has 20 heteroatoms. The number of hydrogen-bond donors (Lipinski definition) is 7. The SMILES string of the molecule is Nc1nc2c[n+]3cnc2n1[C@@H]1O[C@H](CO[P+]([O-])(O)O[P+]([O-])(O)OC[C@H]2O[C@@H]3[C@H](O)[C@@H]2O)[C@@H](O)[C@H]1O. The summed E-state index contributed by atoms with van der Waals surface area (Å²) in [6, 6.07) is 0. The van der Waals surface area contributed by atoms with E-state index < -0.39 is 78.6 Å². The maximum atomic E-state index is 12.2. The number of phosphoric ester groups is 2. The van der Waals surface area contributed by atoms with E-state index in [1.165, 1.54) is 21.7 Å². The summed E-state index contributed by atoms with van der Waals surface area (Å²) < 4.78 is 27.0. The Morgan fingerprint density at radius 3 is 2.23 bits per heavy atom. The topological polar surface area (TPSA) is 274 Å². The highest BCUT2D eigenvalue weighted by Crippen LogP contribution is 2.65. The maximum Gasteiger partial charge on any atom is 0.434 e. The predicted octanol–water partition coefficient (Wildman–Crippen LogP) is -5.34. The van der Waals surface area contributed by atoms with Crippen LogP contribution in [0, 0.1) is 0 Å². The fraction of sp³-hybridized carbons (Fsp3) is 0.667. The zero-order valence-corrected chi connectivity index (χ0v) is 19.3. The van der Waals surface area contributed by atoms with Gasteiger partial charge in [-0.1, -0.05) is 0 Å². The van der Waals surface area contributed by atoms with Crippen LogP contribution in [0.4, 0.5) is 5.95 Å². The van der Waals surface area contributed by atoms with Crippen molar-refractivity contribution in [3.05, 3.63) is 12.5 Å². The molecule has 6 rings (SSSR count). The van der Waals surface area contributed by atoms with Gasteiger partial charge in [0.05, 0.1) is 0 Å². The molecule has 0 saturated carbocycles. The average Bonchev–Trinajstić information content (AvgIpc) is 3.35. The van der Waals surface area contributed by atoms with Crippen molar-refractivity contribution in [2.45, 2.75) is 49.1 Å². The van der Waals surface area contributed by atoms with Crippen molar-refractivity contribution in [3.8, 4) is 0 Å². The van der Waals surface area contributed by atoms with Crippen molar-refractivity contribution in [2.24, 2.45) is 0 Å². The number of nitrogens with zero attached hydrogens (tertiary/aromatic N) is 4. The van der Waals surface area contributed by atoms with Crippen LogP contribution in [0.5, 0.6) is 0 Å². The second-order valence-corrected chi connectivity index (χ2v) is 11.1. The molecule has 0 spiro atoms. The van der Waals surface area contributed by atoms with E-state index in [2.05, 4.69) is 23.3 Å². The van der Waals surface area contributed by atoms with E-state index in [1.54, 1.807) is 0 Å². The lowest BCUT2D eigenvalue weighted by Crippen LogP contribution is -2.46. The van der Waals surface area contributed by atoms with Gasteiger partial charge in [-0.05, 0) is 4.98 Å². The second-order valence-electron chi connectivity index (χ2n) is 8.07. The van der Waals surface area contributed by atoms with Crippen LogP contribution < -0.4 is 20.1 Å². The molecule has 0 amide bonds. The van der Waals surface area contributed by atoms with Crippen molar-refractivity contribution < 1.29 is 67.4 Å². The molecule has 8 N–H and O–H groups in total. The van der Waals surface area contributed by atoms with Crippen LogP contribution in [0.15, 0.2) is 12.5 Å². The van der Waals surface area contributed by atoms with E-state index >= 15 is 0 Å². The first-order chi connectivity index (χ1) is 16.4. The van der Waals surface area contributed by atoms with Gasteiger partial charge in [-0.2, -0.15) is 18.8 Å². The minimum absolute atomic E-state index is 0.114. The summed E-state index contributed by atoms with van der Waals surface area (Å²) in [5.74, 6) is -0.169. The Morgan fingerprint density at radius 1 is 0.971 bits per heavy atom. The number of aromatic nitrogens is 4. The van der Waals surface area contributed by atoms with Crippen LogP contribution in [0.1, 0.15) is 12.5 Å². The van der Waals surface area contributed by atoms with E-state index in [9.17, 15) is 40.0 Å². The van der Waals surface area contributed by atoms with E-state index in [-0.39, 0.29) is 17.1 Å². The van der Waals surface area contributed by atoms with Gasteiger partial charge >= 0.3 is 16.3 Å². The van der Waals surface area contributed by atoms with Crippen LogP contribution in [0.25, 0.3) is 11.2 Å². The molecule has 35 heavy (non-hydrogen) atoms. The highest BCUT2D eigenvalue weighted by molar-refractivity contribution is 7.66. The largest absolute Gasteiger partial charge is 0.603 e. The summed E-state index contributed by atoms with van der Waals surface area (Å²) >= 11 is 0. The molecule has 2 aromatic heterocycles. The standard InChI is InChI=1S/C15H21N5O13P2/c16-15-18-5-1-19-4-17-12(5)20(15)14-11(24)9(22)7(32-14)3-30-35(27,28)33-34(25,26)29-2-6-8(21)10(23)13(19)31-6/h1,4,6-11,13-14,21-24H,2-3H2,(H3-,16,18,25,26,27,28)/p+1/t6-,7-,8-,9-,10-,11-,13-,14-/m1/s1. The molecule has 0 aromatic carbocycles. The molecular formula is C15H22N5O13P2+. The fourth-order valence-electron chi connectivity index (χ4n) is 4.07. The van der Waals surface area contributed by atoms with Crippen molar-refractivity contribution >= 4 is 33.5 Å². The molecule has 0 radical (unpaired) electrons. The Bertz CT molecular complexity index is 1110. The van der Waals surface area contributed by atoms with Crippen LogP contribution in [-0.2, 0) is 22.8 Å². The van der Waals surface area contributed by atoms with E-state index in [0.29, 0.717) is 0 Å². The molecule has 4 aliphatic heterocycles. The van der Waals surface area contributed by atoms with E-state index in [0.717, 1.165) is 0 Å². The molecule has 18 nitrogen and oxygen atoms in total. The molecule has 10 atom stereocenters. The number of hydrogen-bond acceptors (Lipinski definition) is 16. The molecular weight excluding hydrogens is 520 g/mol. The number of ether oxygens (including phenoxy) is 2. The lowest BCUT2D eigenvalue weighted by Gasteiger charge is -2.26. The second kappa shape index (κ2) is 8.91. The van der Waals surface area contributed by atoms with Gasteiger partial charge in [-0.25, -0.2) is 14.1 Å². The van der Waals surface area contributed by atoms with Crippen LogP contribution in [0.2, 0.25) is 0 Å². The average molecular weight is 542 g/mol. The number of phosphoric acid groups is 2. The minimum Gasteiger partial charge on any atom is -0.603 e. The molecule has 2 unspecified atom stereocenters. The van der Waals surface area contributed by atoms with Crippen LogP contribution >= 0.6 is 16.3 Å². The summed E-state index contributed by atoms with van der Waals surface area (Å²) in [4.78, 5) is 52.3. The smallest absolute Gasteiger partial charge is 0.434 e. The third kappa shape index (κ3) is 4.61. The zero-order valence-electron chi connectivity index (χ0n) is 17.5. The summed E-state index contributed by atoms with van der Waals surface area (Å²) in [5, 5.41) is 41.6. The minimum atomic E-state index is -5.25. The number of anilines is 1. The molecule has 8 bridgehead atoms. The third-order valence-corrected chi connectivity index (χ3v) is 8.36. The molecule has 2 aromatic rings. The van der Waals surface area contributed by atoms with Gasteiger partial charge in [0.15, 0.2) is 11.7 Å². The zero-order chi connectivity index (χ0) is 25.3. The number of imidazole rings is 1. The van der Waals surface area contributed by atoms with Crippen molar-refractivity contribution in [3.63, 3.8) is 0 Å². The highest BCUT2D eigenvalue weighted by atomic mass is 31.3. The Kier molecular flexibility index (Phi) is 6.45. The Balaban J connectivity index is 1.55. The highest BCUT2D eigenvalue weighted by Gasteiger charge is 2.53. The maximum absolute atomic E-state index is 12.2. The molecule has 2 fully saturated rings. The monoisotopic (exact) mass is 542 g/mol. The molecule has 194 valence electrons. The van der Waals surface area contributed by atoms with Crippen LogP contribution in [0.3, 0.4) is 0 Å². The Labute approximate surface area is 196 Å². The number of nitrogen functional groups attached to an aromatic ring is 1. The van der Waals surface area contributed by atoms with Gasteiger partial charge in [-0.3, -0.25) is 0 Å². The van der Waals surface area contributed by atoms with Gasteiger partial charge in [0.1, 0.15) is 56.0 Å². The quantitative estimate of drug-likeness (QED) is 0.121. The Hall–Kier alpha value is -1.31. The normalized spacial score (nSPS) is 44.7. The fourth-order valence-corrected chi connectivity index (χ4v) is 6.16. The molecule has 6 heterocycles. The van der Waals surface area contributed by atoms with E-state index in [1.807, 2.05) is 0 Å². The van der Waals surface area contributed by atoms with Crippen molar-refractivity contribution in [1.82, 2.24) is 14.5 Å². The van der Waals surface area contributed by atoms with Crippen molar-refractivity contribution in [2.75, 3.05) is 18.9 Å². The first kappa shape index (κ1) is 25.3. The first-order valence-corrected chi connectivity index (χ1v) is 13.1. The van der Waals surface area contributed by atoms with Gasteiger partial charge in [-0.15, -0.1) is 0 Å². The lowest BCUT2D eigenvalue weighted by molar-refractivity contribution is -0.767. The Morgan fingerprint density at radius 2 is 1.57 bits per heavy atom. The molecule has 4 aliphatic rings. The van der Waals surface area contributed by atoms with Gasteiger partial charge < -0.3 is 45.4 Å². The number of nitrogens with two attached hydrogens (primary N) is 1. The number of aliphatic hydroxyl groups is 4. The summed E-state index contributed by atoms with van der Waals surface area (Å²) in [6.45, 7) is -1.67. The number of rotatable bonds is 0. The van der Waals surface area contributed by atoms with Crippen molar-refractivity contribution in [1.29, 1.82) is 0 Å². The summed E-state index contributed by atoms with van der Waals surface area (Å²) in [7, 11) is -10.5. The predicted molar refractivity (Wildman–Crippen MR) is 105 cm³/mol.